The first-order valence-corrected chi connectivity index (χ1v) is 21.8. The molecule has 0 saturated carbocycles. The second-order valence-corrected chi connectivity index (χ2v) is 17.2. The monoisotopic (exact) mass is 819 g/mol. The topological polar surface area (TPSA) is 51.8 Å². The molecule has 1 aliphatic carbocycles. The van der Waals surface area contributed by atoms with Gasteiger partial charge in [-0.25, -0.2) is 15.0 Å². The summed E-state index contributed by atoms with van der Waals surface area (Å²) in [5.74, 6) is 1.86. The van der Waals surface area contributed by atoms with Gasteiger partial charge in [-0.3, -0.25) is 0 Å². The molecule has 302 valence electrons. The highest BCUT2D eigenvalue weighted by molar-refractivity contribution is 6.13. The third kappa shape index (κ3) is 6.42. The van der Waals surface area contributed by atoms with Crippen LogP contribution in [0, 0.1) is 0 Å². The molecule has 0 amide bonds. The largest absolute Gasteiger partial charge is 0.456 e. The molecule has 1 aliphatic rings. The van der Waals surface area contributed by atoms with Crippen LogP contribution in [0.25, 0.3) is 112 Å². The lowest BCUT2D eigenvalue weighted by molar-refractivity contribution is 0.660. The van der Waals surface area contributed by atoms with Gasteiger partial charge in [0.2, 0.25) is 0 Å². The van der Waals surface area contributed by atoms with Crippen LogP contribution < -0.4 is 0 Å². The summed E-state index contributed by atoms with van der Waals surface area (Å²) in [6, 6.07) is 75.0. The van der Waals surface area contributed by atoms with E-state index in [2.05, 4.69) is 196 Å². The second kappa shape index (κ2) is 15.0. The van der Waals surface area contributed by atoms with Gasteiger partial charge in [0, 0.05) is 32.9 Å². The Morgan fingerprint density at radius 2 is 0.781 bits per heavy atom. The van der Waals surface area contributed by atoms with Crippen molar-refractivity contribution in [1.29, 1.82) is 0 Å². The summed E-state index contributed by atoms with van der Waals surface area (Å²) in [6.45, 7) is 4.64. The average molecular weight is 820 g/mol. The zero-order valence-corrected chi connectivity index (χ0v) is 35.5. The Bertz CT molecular complexity index is 3590. The fourth-order valence-electron chi connectivity index (χ4n) is 9.67. The van der Waals surface area contributed by atoms with Gasteiger partial charge in [0.25, 0.3) is 0 Å². The number of fused-ring (bicyclic) bond motifs is 6. The van der Waals surface area contributed by atoms with Crippen LogP contribution in [-0.2, 0) is 5.41 Å². The molecule has 2 heterocycles. The Morgan fingerprint density at radius 3 is 1.48 bits per heavy atom. The molecule has 12 rings (SSSR count). The van der Waals surface area contributed by atoms with Crippen molar-refractivity contribution in [3.05, 3.63) is 223 Å². The molecule has 64 heavy (non-hydrogen) atoms. The maximum Gasteiger partial charge on any atom is 0.164 e. The van der Waals surface area contributed by atoms with Crippen LogP contribution in [-0.4, -0.2) is 15.0 Å². The van der Waals surface area contributed by atoms with Gasteiger partial charge in [-0.1, -0.05) is 184 Å². The van der Waals surface area contributed by atoms with Crippen molar-refractivity contribution in [1.82, 2.24) is 15.0 Å². The molecule has 11 aromatic rings. The number of nitrogens with zero attached hydrogens (tertiary/aromatic N) is 3. The van der Waals surface area contributed by atoms with Crippen LogP contribution in [0.2, 0.25) is 0 Å². The van der Waals surface area contributed by atoms with E-state index in [9.17, 15) is 0 Å². The first kappa shape index (κ1) is 37.5. The SMILES string of the molecule is CC1(C)c2ccccc2-c2cc(-c3cccc(-c4nc(-c5ccccc5)nc(-c5cccc(-c6ccc7c(c6)oc6cccc(-c8cccc(-c9ccccc9)c8)c67)c5)n4)c3)ccc21. The quantitative estimate of drug-likeness (QED) is 0.161. The predicted molar refractivity (Wildman–Crippen MR) is 263 cm³/mol. The van der Waals surface area contributed by atoms with Crippen molar-refractivity contribution in [3.8, 4) is 89.8 Å². The summed E-state index contributed by atoms with van der Waals surface area (Å²) < 4.78 is 6.59. The number of hydrogen-bond donors (Lipinski definition) is 0. The first-order valence-electron chi connectivity index (χ1n) is 21.8. The summed E-state index contributed by atoms with van der Waals surface area (Å²) in [5, 5.41) is 2.20. The van der Waals surface area contributed by atoms with Crippen LogP contribution in [0.4, 0.5) is 0 Å². The van der Waals surface area contributed by atoms with E-state index in [1.165, 1.54) is 33.4 Å². The number of benzene rings is 9. The molecule has 4 nitrogen and oxygen atoms in total. The fourth-order valence-corrected chi connectivity index (χ4v) is 9.67. The molecular weight excluding hydrogens is 779 g/mol. The molecule has 0 N–H and O–H groups in total. The Morgan fingerprint density at radius 1 is 0.312 bits per heavy atom. The molecule has 0 fully saturated rings. The number of rotatable bonds is 7. The lowest BCUT2D eigenvalue weighted by Gasteiger charge is -2.21. The lowest BCUT2D eigenvalue weighted by atomic mass is 9.82. The third-order valence-corrected chi connectivity index (χ3v) is 12.9. The smallest absolute Gasteiger partial charge is 0.164 e. The maximum absolute atomic E-state index is 6.59. The Hall–Kier alpha value is -8.21. The van der Waals surface area contributed by atoms with Gasteiger partial charge >= 0.3 is 0 Å². The van der Waals surface area contributed by atoms with Gasteiger partial charge < -0.3 is 4.42 Å². The summed E-state index contributed by atoms with van der Waals surface area (Å²) >= 11 is 0. The Labute approximate surface area is 372 Å². The van der Waals surface area contributed by atoms with Crippen LogP contribution in [0.3, 0.4) is 0 Å². The minimum atomic E-state index is -0.0420. The summed E-state index contributed by atoms with van der Waals surface area (Å²) in [6.07, 6.45) is 0. The van der Waals surface area contributed by atoms with Crippen LogP contribution in [0.5, 0.6) is 0 Å². The number of furan rings is 1. The van der Waals surface area contributed by atoms with E-state index in [1.807, 2.05) is 30.3 Å². The van der Waals surface area contributed by atoms with Crippen LogP contribution in [0.1, 0.15) is 25.0 Å². The van der Waals surface area contributed by atoms with E-state index >= 15 is 0 Å². The molecule has 0 atom stereocenters. The minimum absolute atomic E-state index is 0.0420. The number of aromatic nitrogens is 3. The van der Waals surface area contributed by atoms with Crippen molar-refractivity contribution in [2.75, 3.05) is 0 Å². The van der Waals surface area contributed by atoms with Gasteiger partial charge in [-0.2, -0.15) is 0 Å². The Kier molecular flexibility index (Phi) is 8.80. The van der Waals surface area contributed by atoms with E-state index < -0.39 is 0 Å². The fraction of sp³-hybridized carbons (Fsp3) is 0.0500. The molecule has 0 spiro atoms. The van der Waals surface area contributed by atoms with Gasteiger partial charge in [0.05, 0.1) is 0 Å². The average Bonchev–Trinajstić information content (AvgIpc) is 3.85. The predicted octanol–water partition coefficient (Wildman–Crippen LogP) is 15.7. The van der Waals surface area contributed by atoms with Gasteiger partial charge in [-0.05, 0) is 109 Å². The highest BCUT2D eigenvalue weighted by Crippen LogP contribution is 2.49. The highest BCUT2D eigenvalue weighted by Gasteiger charge is 2.35. The molecule has 4 heteroatoms. The maximum atomic E-state index is 6.59. The van der Waals surface area contributed by atoms with Crippen LogP contribution in [0.15, 0.2) is 217 Å². The van der Waals surface area contributed by atoms with Gasteiger partial charge in [0.1, 0.15) is 11.2 Å². The van der Waals surface area contributed by atoms with E-state index in [4.69, 9.17) is 19.4 Å². The molecule has 0 radical (unpaired) electrons. The zero-order chi connectivity index (χ0) is 42.8. The van der Waals surface area contributed by atoms with Gasteiger partial charge in [-0.15, -0.1) is 0 Å². The zero-order valence-electron chi connectivity index (χ0n) is 35.5. The van der Waals surface area contributed by atoms with Gasteiger partial charge in [0.15, 0.2) is 17.5 Å². The highest BCUT2D eigenvalue weighted by atomic mass is 16.3. The number of hydrogen-bond acceptors (Lipinski definition) is 4. The van der Waals surface area contributed by atoms with E-state index in [1.54, 1.807) is 0 Å². The molecule has 0 aliphatic heterocycles. The summed E-state index contributed by atoms with van der Waals surface area (Å²) in [7, 11) is 0. The Balaban J connectivity index is 0.916. The van der Waals surface area contributed by atoms with E-state index in [-0.39, 0.29) is 5.41 Å². The standard InChI is InChI=1S/C60H41N3O/c1-60(2)52-27-10-9-25-49(52)51-36-43(30-32-53(51)60)41-20-12-23-46(34-41)58-61-57(39-17-7-4-8-18-39)62-59(63-58)47-24-13-21-42(35-47)44-29-31-50-55(37-44)64-54-28-14-26-48(56(50)54)45-22-11-19-40(33-45)38-15-5-3-6-16-38/h3-37H,1-2H3. The van der Waals surface area contributed by atoms with E-state index in [0.717, 1.165) is 72.0 Å². The third-order valence-electron chi connectivity index (χ3n) is 12.9. The van der Waals surface area contributed by atoms with Crippen molar-refractivity contribution in [2.45, 2.75) is 19.3 Å². The summed E-state index contributed by atoms with van der Waals surface area (Å²) in [4.78, 5) is 15.4. The minimum Gasteiger partial charge on any atom is -0.456 e. The molecular formula is C60H41N3O. The molecule has 0 saturated heterocycles. The first-order chi connectivity index (χ1) is 31.4. The van der Waals surface area contributed by atoms with Crippen molar-refractivity contribution >= 4 is 21.9 Å². The van der Waals surface area contributed by atoms with E-state index in [0.29, 0.717) is 17.5 Å². The van der Waals surface area contributed by atoms with Crippen LogP contribution >= 0.6 is 0 Å². The van der Waals surface area contributed by atoms with Crippen molar-refractivity contribution in [2.24, 2.45) is 0 Å². The molecule has 0 unspecified atom stereocenters. The second-order valence-electron chi connectivity index (χ2n) is 17.2. The summed E-state index contributed by atoms with van der Waals surface area (Å²) in [5.41, 5.74) is 18.8. The van der Waals surface area contributed by atoms with Crippen molar-refractivity contribution < 1.29 is 4.42 Å². The molecule has 0 bridgehead atoms. The molecule has 9 aromatic carbocycles. The molecule has 2 aromatic heterocycles. The van der Waals surface area contributed by atoms with Crippen molar-refractivity contribution in [3.63, 3.8) is 0 Å². The normalized spacial score (nSPS) is 12.7. The lowest BCUT2D eigenvalue weighted by Crippen LogP contribution is -2.14.